The molecule has 34 heavy (non-hydrogen) atoms. The fraction of sp³-hybridized carbons (Fsp3) is 0.364. The van der Waals surface area contributed by atoms with Crippen molar-refractivity contribution in [3.63, 3.8) is 0 Å². The number of aromatic nitrogens is 2. The Labute approximate surface area is 202 Å². The summed E-state index contributed by atoms with van der Waals surface area (Å²) < 4.78 is 40.8. The van der Waals surface area contributed by atoms with Gasteiger partial charge in [-0.25, -0.2) is 9.97 Å². The summed E-state index contributed by atoms with van der Waals surface area (Å²) in [5.74, 6) is 0.431. The van der Waals surface area contributed by atoms with Crippen molar-refractivity contribution in [2.75, 3.05) is 43.4 Å². The van der Waals surface area contributed by atoms with Crippen molar-refractivity contribution in [3.05, 3.63) is 62.4 Å². The molecule has 1 N–H and O–H groups in total. The first-order valence-electron chi connectivity index (χ1n) is 10.5. The number of rotatable bonds is 5. The maximum Gasteiger partial charge on any atom is 0.416 e. The maximum atomic E-state index is 13.3. The molecule has 0 aliphatic carbocycles. The Kier molecular flexibility index (Phi) is 6.63. The zero-order chi connectivity index (χ0) is 24.6. The van der Waals surface area contributed by atoms with E-state index in [1.165, 1.54) is 6.33 Å². The van der Waals surface area contributed by atoms with Gasteiger partial charge in [-0.15, -0.1) is 0 Å². The monoisotopic (exact) mass is 538 g/mol. The highest BCUT2D eigenvalue weighted by Crippen LogP contribution is 2.37. The van der Waals surface area contributed by atoms with Gasteiger partial charge >= 0.3 is 6.18 Å². The first kappa shape index (κ1) is 24.1. The second-order valence-corrected chi connectivity index (χ2v) is 9.12. The van der Waals surface area contributed by atoms with Gasteiger partial charge < -0.3 is 15.1 Å². The van der Waals surface area contributed by atoms with Crippen LogP contribution in [-0.2, 0) is 6.18 Å². The summed E-state index contributed by atoms with van der Waals surface area (Å²) >= 11 is 3.62. The number of anilines is 2. The molecule has 0 radical (unpaired) electrons. The summed E-state index contributed by atoms with van der Waals surface area (Å²) in [6.45, 7) is 5.18. The predicted molar refractivity (Wildman–Crippen MR) is 127 cm³/mol. The molecule has 0 unspecified atom stereocenters. The zero-order valence-electron chi connectivity index (χ0n) is 18.4. The van der Waals surface area contributed by atoms with Crippen LogP contribution in [0.3, 0.4) is 0 Å². The lowest BCUT2D eigenvalue weighted by molar-refractivity contribution is -0.385. The minimum Gasteiger partial charge on any atom is -0.368 e. The molecule has 0 saturated carbocycles. The van der Waals surface area contributed by atoms with E-state index in [1.807, 2.05) is 12.1 Å². The molecule has 1 atom stereocenters. The lowest BCUT2D eigenvalue weighted by atomic mass is 10.0. The zero-order valence-corrected chi connectivity index (χ0v) is 20.0. The quantitative estimate of drug-likeness (QED) is 0.351. The molecular weight excluding hydrogens is 517 g/mol. The van der Waals surface area contributed by atoms with Gasteiger partial charge in [0.1, 0.15) is 12.1 Å². The number of nitro benzene ring substituents is 1. The molecule has 8 nitrogen and oxygen atoms in total. The van der Waals surface area contributed by atoms with Gasteiger partial charge in [0.25, 0.3) is 5.69 Å². The first-order chi connectivity index (χ1) is 16.0. The molecule has 12 heteroatoms. The molecule has 180 valence electrons. The van der Waals surface area contributed by atoms with Crippen molar-refractivity contribution >= 4 is 44.0 Å². The normalized spacial score (nSPS) is 16.0. The SMILES string of the molecule is C[C@@H](Nc1ncnc2cc(Br)c(N3CCN(C)CC3)cc12)c1cc([N+](=O)[O-])cc(C(F)(F)F)c1. The minimum absolute atomic E-state index is 0.129. The van der Waals surface area contributed by atoms with Crippen LogP contribution in [0, 0.1) is 10.1 Å². The van der Waals surface area contributed by atoms with Gasteiger partial charge in [0.15, 0.2) is 0 Å². The summed E-state index contributed by atoms with van der Waals surface area (Å²) in [5, 5.41) is 15.0. The third-order valence-electron chi connectivity index (χ3n) is 5.88. The molecule has 1 aliphatic rings. The number of hydrogen-bond donors (Lipinski definition) is 1. The number of fused-ring (bicyclic) bond motifs is 1. The fourth-order valence-electron chi connectivity index (χ4n) is 3.91. The van der Waals surface area contributed by atoms with E-state index in [9.17, 15) is 23.3 Å². The van der Waals surface area contributed by atoms with Crippen LogP contribution >= 0.6 is 15.9 Å². The summed E-state index contributed by atoms with van der Waals surface area (Å²) in [7, 11) is 2.07. The highest BCUT2D eigenvalue weighted by molar-refractivity contribution is 9.10. The summed E-state index contributed by atoms with van der Waals surface area (Å²) in [4.78, 5) is 23.5. The van der Waals surface area contributed by atoms with Crippen molar-refractivity contribution < 1.29 is 18.1 Å². The van der Waals surface area contributed by atoms with Crippen LogP contribution in [0.5, 0.6) is 0 Å². The van der Waals surface area contributed by atoms with Crippen molar-refractivity contribution in [2.45, 2.75) is 19.1 Å². The average Bonchev–Trinajstić information content (AvgIpc) is 2.78. The highest BCUT2D eigenvalue weighted by Gasteiger charge is 2.33. The Morgan fingerprint density at radius 2 is 1.82 bits per heavy atom. The van der Waals surface area contributed by atoms with Crippen molar-refractivity contribution in [1.82, 2.24) is 14.9 Å². The second-order valence-electron chi connectivity index (χ2n) is 8.27. The number of alkyl halides is 3. The van der Waals surface area contributed by atoms with E-state index in [0.717, 1.165) is 48.5 Å². The van der Waals surface area contributed by atoms with Crippen molar-refractivity contribution in [1.29, 1.82) is 0 Å². The molecule has 1 aliphatic heterocycles. The Morgan fingerprint density at radius 3 is 2.47 bits per heavy atom. The average molecular weight is 539 g/mol. The Hall–Kier alpha value is -2.99. The molecule has 4 rings (SSSR count). The van der Waals surface area contributed by atoms with Crippen LogP contribution in [0.4, 0.5) is 30.4 Å². The van der Waals surface area contributed by atoms with E-state index in [0.29, 0.717) is 22.8 Å². The van der Waals surface area contributed by atoms with Gasteiger partial charge in [-0.2, -0.15) is 13.2 Å². The number of nitrogens with one attached hydrogen (secondary N) is 1. The Bertz CT molecular complexity index is 1230. The predicted octanol–water partition coefficient (Wildman–Crippen LogP) is 5.24. The highest BCUT2D eigenvalue weighted by atomic mass is 79.9. The second kappa shape index (κ2) is 9.34. The van der Waals surface area contributed by atoms with E-state index in [-0.39, 0.29) is 5.56 Å². The van der Waals surface area contributed by atoms with E-state index in [1.54, 1.807) is 6.92 Å². The van der Waals surface area contributed by atoms with Crippen LogP contribution in [0.1, 0.15) is 24.1 Å². The summed E-state index contributed by atoms with van der Waals surface area (Å²) in [6.07, 6.45) is -3.33. The number of piperazine rings is 1. The summed E-state index contributed by atoms with van der Waals surface area (Å²) in [6, 6.07) is 5.75. The first-order valence-corrected chi connectivity index (χ1v) is 11.3. The molecule has 1 aromatic heterocycles. The number of hydrogen-bond acceptors (Lipinski definition) is 7. The number of non-ortho nitro benzene ring substituents is 1. The lowest BCUT2D eigenvalue weighted by Gasteiger charge is -2.34. The van der Waals surface area contributed by atoms with Gasteiger partial charge in [-0.1, -0.05) is 0 Å². The number of likely N-dealkylation sites (N-methyl/N-ethyl adjacent to an activating group) is 1. The van der Waals surface area contributed by atoms with Crippen LogP contribution in [-0.4, -0.2) is 53.0 Å². The largest absolute Gasteiger partial charge is 0.416 e. The van der Waals surface area contributed by atoms with Gasteiger partial charge in [0, 0.05) is 48.2 Å². The number of benzene rings is 2. The van der Waals surface area contributed by atoms with Crippen molar-refractivity contribution in [2.24, 2.45) is 0 Å². The minimum atomic E-state index is -4.70. The Balaban J connectivity index is 1.70. The van der Waals surface area contributed by atoms with Crippen molar-refractivity contribution in [3.8, 4) is 0 Å². The van der Waals surface area contributed by atoms with E-state index in [4.69, 9.17) is 0 Å². The molecule has 2 heterocycles. The number of halogens is 4. The maximum absolute atomic E-state index is 13.3. The smallest absolute Gasteiger partial charge is 0.368 e. The third kappa shape index (κ3) is 5.07. The van der Waals surface area contributed by atoms with Crippen LogP contribution < -0.4 is 10.2 Å². The number of nitro groups is 1. The van der Waals surface area contributed by atoms with E-state index < -0.39 is 28.4 Å². The summed E-state index contributed by atoms with van der Waals surface area (Å²) in [5.41, 5.74) is 0.0708. The topological polar surface area (TPSA) is 87.4 Å². The van der Waals surface area contributed by atoms with E-state index >= 15 is 0 Å². The van der Waals surface area contributed by atoms with Crippen LogP contribution in [0.25, 0.3) is 10.9 Å². The Morgan fingerprint density at radius 1 is 1.12 bits per heavy atom. The molecular formula is C22H22BrF3N6O2. The van der Waals surface area contributed by atoms with Gasteiger partial charge in [0.05, 0.1) is 27.7 Å². The third-order valence-corrected chi connectivity index (χ3v) is 6.51. The molecule has 1 fully saturated rings. The van der Waals surface area contributed by atoms with Crippen LogP contribution in [0.2, 0.25) is 0 Å². The molecule has 3 aromatic rings. The molecule has 0 amide bonds. The molecule has 0 spiro atoms. The number of nitrogens with zero attached hydrogens (tertiary/aromatic N) is 5. The van der Waals surface area contributed by atoms with E-state index in [2.05, 4.69) is 48.1 Å². The molecule has 0 bridgehead atoms. The fourth-order valence-corrected chi connectivity index (χ4v) is 4.50. The van der Waals surface area contributed by atoms with Crippen LogP contribution in [0.15, 0.2) is 41.1 Å². The molecule has 2 aromatic carbocycles. The van der Waals surface area contributed by atoms with Gasteiger partial charge in [0.2, 0.25) is 0 Å². The standard InChI is InChI=1S/C22H22BrF3N6O2/c1-13(14-7-15(22(24,25)26)9-16(8-14)32(33)34)29-21-17-10-20(31-5-3-30(2)4-6-31)18(23)11-19(17)27-12-28-21/h7-13H,3-6H2,1-2H3,(H,27,28,29)/t13-/m1/s1. The lowest BCUT2D eigenvalue weighted by Crippen LogP contribution is -2.44. The molecule has 1 saturated heterocycles. The van der Waals surface area contributed by atoms with Gasteiger partial charge in [-0.05, 0) is 53.7 Å². The van der Waals surface area contributed by atoms with Gasteiger partial charge in [-0.3, -0.25) is 10.1 Å².